The van der Waals surface area contributed by atoms with Gasteiger partial charge in [0.05, 0.1) is 31.3 Å². The van der Waals surface area contributed by atoms with E-state index in [9.17, 15) is 5.11 Å². The van der Waals surface area contributed by atoms with Gasteiger partial charge in [0.15, 0.2) is 0 Å². The van der Waals surface area contributed by atoms with Crippen LogP contribution in [0.15, 0.2) is 17.5 Å². The summed E-state index contributed by atoms with van der Waals surface area (Å²) in [7, 11) is 0. The van der Waals surface area contributed by atoms with Crippen molar-refractivity contribution in [2.24, 2.45) is 5.41 Å². The lowest BCUT2D eigenvalue weighted by Crippen LogP contribution is -2.54. The molecule has 1 aromatic heterocycles. The lowest BCUT2D eigenvalue weighted by molar-refractivity contribution is -0.151. The predicted molar refractivity (Wildman–Crippen MR) is 78.9 cm³/mol. The predicted octanol–water partition coefficient (Wildman–Crippen LogP) is 1.74. The standard InChI is InChI=1S/C15H23NO3S/c17-10-15(11-18-12-15)9-16(7-13-3-1-5-19-13)8-14-4-2-6-20-14/h2,4,6,13,17H,1,3,5,7-12H2. The maximum atomic E-state index is 9.64. The maximum absolute atomic E-state index is 9.64. The highest BCUT2D eigenvalue weighted by atomic mass is 32.1. The summed E-state index contributed by atoms with van der Waals surface area (Å²) in [4.78, 5) is 3.80. The largest absolute Gasteiger partial charge is 0.396 e. The van der Waals surface area contributed by atoms with Crippen LogP contribution in [0.3, 0.4) is 0 Å². The van der Waals surface area contributed by atoms with E-state index in [-0.39, 0.29) is 12.0 Å². The minimum Gasteiger partial charge on any atom is -0.396 e. The molecule has 1 unspecified atom stereocenters. The molecule has 0 spiro atoms. The van der Waals surface area contributed by atoms with Crippen LogP contribution in [0.4, 0.5) is 0 Å². The first-order valence-corrected chi connectivity index (χ1v) is 8.23. The van der Waals surface area contributed by atoms with Crippen molar-refractivity contribution in [3.8, 4) is 0 Å². The number of thiophene rings is 1. The number of hydrogen-bond donors (Lipinski definition) is 1. The van der Waals surface area contributed by atoms with Crippen molar-refractivity contribution in [2.45, 2.75) is 25.5 Å². The van der Waals surface area contributed by atoms with Gasteiger partial charge in [-0.1, -0.05) is 6.07 Å². The van der Waals surface area contributed by atoms with Crippen LogP contribution in [0.2, 0.25) is 0 Å². The molecule has 2 fully saturated rings. The molecular weight excluding hydrogens is 274 g/mol. The second kappa shape index (κ2) is 6.54. The van der Waals surface area contributed by atoms with Gasteiger partial charge in [-0.15, -0.1) is 11.3 Å². The van der Waals surface area contributed by atoms with Crippen LogP contribution in [0.5, 0.6) is 0 Å². The van der Waals surface area contributed by atoms with Crippen LogP contribution in [-0.4, -0.2) is 55.6 Å². The lowest BCUT2D eigenvalue weighted by Gasteiger charge is -2.43. The molecule has 0 aromatic carbocycles. The molecule has 3 heterocycles. The fourth-order valence-electron chi connectivity index (χ4n) is 2.98. The Labute approximate surface area is 124 Å². The quantitative estimate of drug-likeness (QED) is 0.832. The van der Waals surface area contributed by atoms with Crippen LogP contribution in [0, 0.1) is 5.41 Å². The van der Waals surface area contributed by atoms with Gasteiger partial charge in [0.1, 0.15) is 0 Å². The van der Waals surface area contributed by atoms with E-state index in [4.69, 9.17) is 9.47 Å². The van der Waals surface area contributed by atoms with Crippen molar-refractivity contribution in [1.82, 2.24) is 4.90 Å². The van der Waals surface area contributed by atoms with Gasteiger partial charge in [-0.05, 0) is 24.3 Å². The summed E-state index contributed by atoms with van der Waals surface area (Å²) < 4.78 is 11.1. The second-order valence-corrected chi connectivity index (χ2v) is 7.07. The summed E-state index contributed by atoms with van der Waals surface area (Å²) in [5, 5.41) is 11.8. The third-order valence-corrected chi connectivity index (χ3v) is 5.02. The highest BCUT2D eigenvalue weighted by Gasteiger charge is 2.40. The summed E-state index contributed by atoms with van der Waals surface area (Å²) in [5.74, 6) is 0. The van der Waals surface area contributed by atoms with Crippen molar-refractivity contribution in [3.05, 3.63) is 22.4 Å². The average Bonchev–Trinajstić information content (AvgIpc) is 3.07. The molecule has 2 aliphatic heterocycles. The summed E-state index contributed by atoms with van der Waals surface area (Å²) in [6.45, 7) is 5.25. The Balaban J connectivity index is 1.62. The molecule has 1 atom stereocenters. The van der Waals surface area contributed by atoms with E-state index >= 15 is 0 Å². The molecule has 1 aromatic rings. The molecule has 4 nitrogen and oxygen atoms in total. The van der Waals surface area contributed by atoms with E-state index in [1.807, 2.05) is 0 Å². The average molecular weight is 297 g/mol. The van der Waals surface area contributed by atoms with E-state index in [0.29, 0.717) is 19.3 Å². The molecule has 0 bridgehead atoms. The molecule has 3 rings (SSSR count). The van der Waals surface area contributed by atoms with Crippen molar-refractivity contribution in [3.63, 3.8) is 0 Å². The topological polar surface area (TPSA) is 41.9 Å². The van der Waals surface area contributed by atoms with Crippen LogP contribution in [-0.2, 0) is 16.0 Å². The number of hydrogen-bond acceptors (Lipinski definition) is 5. The molecular formula is C15H23NO3S. The molecule has 0 aliphatic carbocycles. The SMILES string of the molecule is OCC1(CN(Cc2cccs2)CC2CCCO2)COC1. The lowest BCUT2D eigenvalue weighted by atomic mass is 9.86. The minimum absolute atomic E-state index is 0.0597. The number of nitrogens with zero attached hydrogens (tertiary/aromatic N) is 1. The molecule has 112 valence electrons. The molecule has 0 saturated carbocycles. The Morgan fingerprint density at radius 1 is 1.45 bits per heavy atom. The van der Waals surface area contributed by atoms with Crippen LogP contribution in [0.1, 0.15) is 17.7 Å². The second-order valence-electron chi connectivity index (χ2n) is 6.03. The van der Waals surface area contributed by atoms with E-state index < -0.39 is 0 Å². The Morgan fingerprint density at radius 2 is 2.35 bits per heavy atom. The van der Waals surface area contributed by atoms with Gasteiger partial charge in [-0.25, -0.2) is 0 Å². The molecule has 0 radical (unpaired) electrons. The van der Waals surface area contributed by atoms with Gasteiger partial charge in [-0.3, -0.25) is 4.90 Å². The van der Waals surface area contributed by atoms with Crippen molar-refractivity contribution in [2.75, 3.05) is 39.5 Å². The molecule has 5 heteroatoms. The first kappa shape index (κ1) is 14.5. The number of aliphatic hydroxyl groups is 1. The van der Waals surface area contributed by atoms with Crippen LogP contribution < -0.4 is 0 Å². The Bertz CT molecular complexity index is 394. The van der Waals surface area contributed by atoms with Gasteiger partial charge < -0.3 is 14.6 Å². The third kappa shape index (κ3) is 3.40. The smallest absolute Gasteiger partial charge is 0.0702 e. The zero-order chi connectivity index (χ0) is 13.8. The van der Waals surface area contributed by atoms with Gasteiger partial charge in [-0.2, -0.15) is 0 Å². The van der Waals surface area contributed by atoms with E-state index in [0.717, 1.165) is 32.7 Å². The number of rotatable bonds is 7. The van der Waals surface area contributed by atoms with Crippen LogP contribution >= 0.6 is 11.3 Å². The molecule has 0 amide bonds. The minimum atomic E-state index is -0.0597. The highest BCUT2D eigenvalue weighted by molar-refractivity contribution is 7.09. The normalized spacial score (nSPS) is 25.0. The van der Waals surface area contributed by atoms with Gasteiger partial charge >= 0.3 is 0 Å². The number of aliphatic hydroxyl groups excluding tert-OH is 1. The third-order valence-electron chi connectivity index (χ3n) is 4.16. The Morgan fingerprint density at radius 3 is 2.90 bits per heavy atom. The van der Waals surface area contributed by atoms with E-state index in [2.05, 4.69) is 22.4 Å². The maximum Gasteiger partial charge on any atom is 0.0702 e. The zero-order valence-electron chi connectivity index (χ0n) is 11.8. The summed E-state index contributed by atoms with van der Waals surface area (Å²) in [6.07, 6.45) is 2.68. The Kier molecular flexibility index (Phi) is 4.73. The van der Waals surface area contributed by atoms with Gasteiger partial charge in [0.2, 0.25) is 0 Å². The van der Waals surface area contributed by atoms with Crippen molar-refractivity contribution < 1.29 is 14.6 Å². The first-order chi connectivity index (χ1) is 9.80. The molecule has 20 heavy (non-hydrogen) atoms. The Hall–Kier alpha value is -0.460. The van der Waals surface area contributed by atoms with Gasteiger partial charge in [0, 0.05) is 31.1 Å². The molecule has 2 saturated heterocycles. The zero-order valence-corrected chi connectivity index (χ0v) is 12.6. The molecule has 2 aliphatic rings. The van der Waals surface area contributed by atoms with E-state index in [1.165, 1.54) is 11.3 Å². The summed E-state index contributed by atoms with van der Waals surface area (Å²) >= 11 is 1.79. The highest BCUT2D eigenvalue weighted by Crippen LogP contribution is 2.29. The molecule has 1 N–H and O–H groups in total. The van der Waals surface area contributed by atoms with E-state index in [1.54, 1.807) is 11.3 Å². The van der Waals surface area contributed by atoms with Crippen molar-refractivity contribution in [1.29, 1.82) is 0 Å². The monoisotopic (exact) mass is 297 g/mol. The summed E-state index contributed by atoms with van der Waals surface area (Å²) in [6, 6.07) is 4.27. The fourth-order valence-corrected chi connectivity index (χ4v) is 3.73. The van der Waals surface area contributed by atoms with Crippen molar-refractivity contribution >= 4 is 11.3 Å². The van der Waals surface area contributed by atoms with Crippen LogP contribution in [0.25, 0.3) is 0 Å². The number of ether oxygens (including phenoxy) is 2. The summed E-state index contributed by atoms with van der Waals surface area (Å²) in [5.41, 5.74) is -0.0597. The van der Waals surface area contributed by atoms with Gasteiger partial charge in [0.25, 0.3) is 0 Å². The first-order valence-electron chi connectivity index (χ1n) is 7.35. The fraction of sp³-hybridized carbons (Fsp3) is 0.733.